The van der Waals surface area contributed by atoms with E-state index in [0.717, 1.165) is 11.9 Å². The summed E-state index contributed by atoms with van der Waals surface area (Å²) < 4.78 is 0. The molecule has 0 spiro atoms. The van der Waals surface area contributed by atoms with Gasteiger partial charge in [-0.2, -0.15) is 15.4 Å². The van der Waals surface area contributed by atoms with Crippen LogP contribution in [0, 0.1) is 5.92 Å². The van der Waals surface area contributed by atoms with Gasteiger partial charge in [0.05, 0.1) is 6.04 Å². The zero-order valence-electron chi connectivity index (χ0n) is 12.5. The summed E-state index contributed by atoms with van der Waals surface area (Å²) >= 11 is 1.67. The van der Waals surface area contributed by atoms with Gasteiger partial charge in [-0.25, -0.2) is 0 Å². The number of amides is 1. The number of carbonyl (C=O) groups is 1. The van der Waals surface area contributed by atoms with Crippen LogP contribution in [0.15, 0.2) is 35.7 Å². The number of nitrogens with zero attached hydrogens (tertiary/aromatic N) is 2. The summed E-state index contributed by atoms with van der Waals surface area (Å²) in [6, 6.07) is 9.46. The molecule has 5 nitrogen and oxygen atoms in total. The largest absolute Gasteiger partial charge is 0.344 e. The summed E-state index contributed by atoms with van der Waals surface area (Å²) in [5.41, 5.74) is 2.06. The van der Waals surface area contributed by atoms with Gasteiger partial charge in [-0.15, -0.1) is 11.3 Å². The molecule has 0 fully saturated rings. The molecule has 3 aromatic rings. The molecule has 0 unspecified atom stereocenters. The van der Waals surface area contributed by atoms with Gasteiger partial charge < -0.3 is 5.32 Å². The van der Waals surface area contributed by atoms with Crippen molar-refractivity contribution in [3.05, 3.63) is 46.2 Å². The predicted molar refractivity (Wildman–Crippen MR) is 87.9 cm³/mol. The Labute approximate surface area is 132 Å². The third-order valence-electron chi connectivity index (χ3n) is 3.48. The van der Waals surface area contributed by atoms with Crippen molar-refractivity contribution in [2.75, 3.05) is 0 Å². The van der Waals surface area contributed by atoms with Crippen LogP contribution in [0.1, 0.15) is 41.5 Å². The first kappa shape index (κ1) is 14.7. The third-order valence-corrected chi connectivity index (χ3v) is 4.46. The lowest BCUT2D eigenvalue weighted by molar-refractivity contribution is 0.0933. The zero-order valence-corrected chi connectivity index (χ0v) is 13.4. The first-order valence-electron chi connectivity index (χ1n) is 7.28. The molecule has 6 heteroatoms. The Kier molecular flexibility index (Phi) is 4.20. The highest BCUT2D eigenvalue weighted by molar-refractivity contribution is 7.10. The highest BCUT2D eigenvalue weighted by Crippen LogP contribution is 2.25. The van der Waals surface area contributed by atoms with E-state index in [1.54, 1.807) is 29.5 Å². The summed E-state index contributed by atoms with van der Waals surface area (Å²) in [4.78, 5) is 13.7. The fraction of sp³-hybridized carbons (Fsp3) is 0.312. The number of benzene rings is 1. The molecule has 0 aliphatic heterocycles. The summed E-state index contributed by atoms with van der Waals surface area (Å²) in [5, 5.41) is 15.8. The molecule has 1 amide bonds. The summed E-state index contributed by atoms with van der Waals surface area (Å²) in [6.45, 7) is 4.32. The maximum absolute atomic E-state index is 12.5. The van der Waals surface area contributed by atoms with E-state index in [-0.39, 0.29) is 11.9 Å². The molecule has 2 N–H and O–H groups in total. The number of aromatic nitrogens is 3. The SMILES string of the molecule is CC(C)C[C@@H](NC(=O)c1ccc2n[nH]nc2c1)c1cccs1. The molecule has 2 aromatic heterocycles. The molecular formula is C16H18N4OS. The average Bonchev–Trinajstić information content (AvgIpc) is 3.16. The van der Waals surface area contributed by atoms with Crippen molar-refractivity contribution in [1.29, 1.82) is 0 Å². The summed E-state index contributed by atoms with van der Waals surface area (Å²) in [5.74, 6) is 0.425. The van der Waals surface area contributed by atoms with Crippen molar-refractivity contribution >= 4 is 28.3 Å². The maximum atomic E-state index is 12.5. The minimum Gasteiger partial charge on any atom is -0.344 e. The number of fused-ring (bicyclic) bond motifs is 1. The third kappa shape index (κ3) is 3.17. The molecular weight excluding hydrogens is 296 g/mol. The van der Waals surface area contributed by atoms with Gasteiger partial charge in [-0.05, 0) is 42.0 Å². The van der Waals surface area contributed by atoms with Gasteiger partial charge in [0.1, 0.15) is 11.0 Å². The zero-order chi connectivity index (χ0) is 15.5. The van der Waals surface area contributed by atoms with Crippen LogP contribution < -0.4 is 5.32 Å². The number of nitrogens with one attached hydrogen (secondary N) is 2. The van der Waals surface area contributed by atoms with E-state index >= 15 is 0 Å². The molecule has 0 saturated heterocycles. The lowest BCUT2D eigenvalue weighted by Gasteiger charge is -2.19. The van der Waals surface area contributed by atoms with Gasteiger partial charge in [-0.3, -0.25) is 4.79 Å². The lowest BCUT2D eigenvalue weighted by Crippen LogP contribution is -2.29. The van der Waals surface area contributed by atoms with Gasteiger partial charge in [-0.1, -0.05) is 19.9 Å². The van der Waals surface area contributed by atoms with E-state index in [2.05, 4.69) is 40.6 Å². The van der Waals surface area contributed by atoms with Crippen LogP contribution in [0.4, 0.5) is 0 Å². The molecule has 3 rings (SSSR count). The lowest BCUT2D eigenvalue weighted by atomic mass is 10.0. The van der Waals surface area contributed by atoms with Crippen molar-refractivity contribution < 1.29 is 4.79 Å². The molecule has 0 saturated carbocycles. The molecule has 114 valence electrons. The van der Waals surface area contributed by atoms with Crippen molar-refractivity contribution in [3.63, 3.8) is 0 Å². The average molecular weight is 314 g/mol. The Balaban J connectivity index is 1.80. The molecule has 0 bridgehead atoms. The summed E-state index contributed by atoms with van der Waals surface area (Å²) in [7, 11) is 0. The van der Waals surface area contributed by atoms with Crippen molar-refractivity contribution in [2.24, 2.45) is 5.92 Å². The number of carbonyl (C=O) groups excluding carboxylic acids is 1. The van der Waals surface area contributed by atoms with Crippen LogP contribution in [0.3, 0.4) is 0 Å². The Morgan fingerprint density at radius 2 is 2.09 bits per heavy atom. The standard InChI is InChI=1S/C16H18N4OS/c1-10(2)8-14(15-4-3-7-22-15)17-16(21)11-5-6-12-13(9-11)19-20-18-12/h3-7,9-10,14H,8H2,1-2H3,(H,17,21)(H,18,19,20)/t14-/m1/s1. The van der Waals surface area contributed by atoms with Crippen LogP contribution in [0.5, 0.6) is 0 Å². The monoisotopic (exact) mass is 314 g/mol. The first-order valence-corrected chi connectivity index (χ1v) is 8.16. The molecule has 22 heavy (non-hydrogen) atoms. The van der Waals surface area contributed by atoms with Gasteiger partial charge in [0.2, 0.25) is 0 Å². The fourth-order valence-corrected chi connectivity index (χ4v) is 3.22. The number of aromatic amines is 1. The van der Waals surface area contributed by atoms with E-state index < -0.39 is 0 Å². The molecule has 1 aromatic carbocycles. The van der Waals surface area contributed by atoms with Crippen molar-refractivity contribution in [1.82, 2.24) is 20.7 Å². The second kappa shape index (κ2) is 6.27. The number of rotatable bonds is 5. The predicted octanol–water partition coefficient (Wildman–Crippen LogP) is 3.54. The van der Waals surface area contributed by atoms with Gasteiger partial charge in [0.15, 0.2) is 0 Å². The van der Waals surface area contributed by atoms with E-state index in [9.17, 15) is 4.79 Å². The van der Waals surface area contributed by atoms with Gasteiger partial charge in [0.25, 0.3) is 5.91 Å². The number of H-pyrrole nitrogens is 1. The van der Waals surface area contributed by atoms with Crippen molar-refractivity contribution in [3.8, 4) is 0 Å². The second-order valence-electron chi connectivity index (χ2n) is 5.70. The highest BCUT2D eigenvalue weighted by atomic mass is 32.1. The Bertz CT molecular complexity index is 763. The Hall–Kier alpha value is -2.21. The Morgan fingerprint density at radius 1 is 1.27 bits per heavy atom. The van der Waals surface area contributed by atoms with Crippen LogP contribution in [-0.2, 0) is 0 Å². The quantitative estimate of drug-likeness (QED) is 0.756. The highest BCUT2D eigenvalue weighted by Gasteiger charge is 2.18. The van der Waals surface area contributed by atoms with Gasteiger partial charge in [0, 0.05) is 10.4 Å². The van der Waals surface area contributed by atoms with Crippen LogP contribution in [0.2, 0.25) is 0 Å². The maximum Gasteiger partial charge on any atom is 0.251 e. The second-order valence-corrected chi connectivity index (χ2v) is 6.68. The number of thiophene rings is 1. The fourth-order valence-electron chi connectivity index (χ4n) is 2.43. The molecule has 0 aliphatic rings. The molecule has 1 atom stereocenters. The van der Waals surface area contributed by atoms with Crippen LogP contribution in [-0.4, -0.2) is 21.3 Å². The minimum absolute atomic E-state index is 0.0421. The van der Waals surface area contributed by atoms with Crippen LogP contribution >= 0.6 is 11.3 Å². The van der Waals surface area contributed by atoms with E-state index in [0.29, 0.717) is 17.0 Å². The van der Waals surface area contributed by atoms with E-state index in [1.165, 1.54) is 4.88 Å². The molecule has 2 heterocycles. The Morgan fingerprint density at radius 3 is 2.82 bits per heavy atom. The number of hydrogen-bond acceptors (Lipinski definition) is 4. The summed E-state index contributed by atoms with van der Waals surface area (Å²) in [6.07, 6.45) is 0.915. The topological polar surface area (TPSA) is 70.7 Å². The van der Waals surface area contributed by atoms with Gasteiger partial charge >= 0.3 is 0 Å². The normalized spacial score (nSPS) is 12.7. The molecule has 0 radical (unpaired) electrons. The minimum atomic E-state index is -0.0797. The molecule has 0 aliphatic carbocycles. The first-order chi connectivity index (χ1) is 10.6. The number of hydrogen-bond donors (Lipinski definition) is 2. The van der Waals surface area contributed by atoms with E-state index in [4.69, 9.17) is 0 Å². The van der Waals surface area contributed by atoms with E-state index in [1.807, 2.05) is 11.4 Å². The van der Waals surface area contributed by atoms with Crippen LogP contribution in [0.25, 0.3) is 11.0 Å². The van der Waals surface area contributed by atoms with Crippen molar-refractivity contribution in [2.45, 2.75) is 26.3 Å². The smallest absolute Gasteiger partial charge is 0.251 e.